The molecule has 3 aliphatic heterocycles. The molecule has 2 amide bonds. The molecule has 278 valence electrons. The summed E-state index contributed by atoms with van der Waals surface area (Å²) in [4.78, 5) is 38.3. The van der Waals surface area contributed by atoms with E-state index in [0.717, 1.165) is 44.7 Å². The summed E-state index contributed by atoms with van der Waals surface area (Å²) >= 11 is 0. The third-order valence-electron chi connectivity index (χ3n) is 11.0. The number of aromatic nitrogens is 1. The van der Waals surface area contributed by atoms with Gasteiger partial charge in [0.15, 0.2) is 11.5 Å². The monoisotopic (exact) mass is 737 g/mol. The summed E-state index contributed by atoms with van der Waals surface area (Å²) in [6.07, 6.45) is 2.39. The maximum Gasteiger partial charge on any atom is 0.265 e. The molecule has 0 radical (unpaired) electrons. The van der Waals surface area contributed by atoms with Crippen molar-refractivity contribution in [2.45, 2.75) is 19.0 Å². The molecule has 6 aromatic rings. The molecule has 0 spiro atoms. The molecule has 4 heterocycles. The quantitative estimate of drug-likeness (QED) is 0.189. The van der Waals surface area contributed by atoms with Crippen LogP contribution < -0.4 is 14.4 Å². The lowest BCUT2D eigenvalue weighted by atomic mass is 9.92. The molecule has 0 saturated carbocycles. The highest BCUT2D eigenvalue weighted by atomic mass is 19.1. The highest BCUT2D eigenvalue weighted by Gasteiger charge is 2.35. The van der Waals surface area contributed by atoms with Gasteiger partial charge in [0.2, 0.25) is 6.79 Å². The molecule has 3 aliphatic rings. The summed E-state index contributed by atoms with van der Waals surface area (Å²) in [6, 6.07) is 31.6. The lowest BCUT2D eigenvalue weighted by Gasteiger charge is -2.41. The van der Waals surface area contributed by atoms with Crippen LogP contribution in [0.1, 0.15) is 31.8 Å². The van der Waals surface area contributed by atoms with Gasteiger partial charge in [-0.25, -0.2) is 4.39 Å². The largest absolute Gasteiger partial charge is 0.508 e. The van der Waals surface area contributed by atoms with Crippen LogP contribution in [0.4, 0.5) is 15.8 Å². The van der Waals surface area contributed by atoms with Gasteiger partial charge in [0, 0.05) is 74.3 Å². The van der Waals surface area contributed by atoms with E-state index in [1.807, 2.05) is 41.3 Å². The Morgan fingerprint density at radius 2 is 1.49 bits per heavy atom. The van der Waals surface area contributed by atoms with Gasteiger partial charge in [-0.3, -0.25) is 19.4 Å². The first-order chi connectivity index (χ1) is 26.8. The number of rotatable bonds is 7. The van der Waals surface area contributed by atoms with E-state index in [0.29, 0.717) is 57.1 Å². The van der Waals surface area contributed by atoms with E-state index in [1.54, 1.807) is 46.0 Å². The lowest BCUT2D eigenvalue weighted by Crippen LogP contribution is -2.53. The molecule has 1 N–H and O–H groups in total. The zero-order valence-corrected chi connectivity index (χ0v) is 30.4. The number of aromatic hydroxyl groups is 1. The van der Waals surface area contributed by atoms with Gasteiger partial charge in [0.25, 0.3) is 11.8 Å². The van der Waals surface area contributed by atoms with Crippen molar-refractivity contribution in [2.24, 2.45) is 0 Å². The molecular formula is C44H40FN5O5. The van der Waals surface area contributed by atoms with Gasteiger partial charge < -0.3 is 28.9 Å². The van der Waals surface area contributed by atoms with Crippen LogP contribution in [0.5, 0.6) is 17.2 Å². The number of hydrogen-bond acceptors (Lipinski definition) is 7. The molecule has 1 saturated heterocycles. The standard InChI is InChI=1S/C44H40FN5O5/c1-46-17-19-47(20-18-46)26-34-21-29-7-5-6-8-30(29)25-48(34)43(52)37-23-41-42(55-28-54-41)24-40(37)49-27-38(36-16-11-31(45)22-39(36)49)44(53)50(32-9-3-2-4-10-32)33-12-14-35(51)15-13-33/h2-16,22-24,27,34,51H,17-21,25-26,28H2,1H3/t34-/m0/s1. The predicted octanol–water partition coefficient (Wildman–Crippen LogP) is 7.00. The molecule has 55 heavy (non-hydrogen) atoms. The Hall–Kier alpha value is -6.17. The Balaban J connectivity index is 1.17. The summed E-state index contributed by atoms with van der Waals surface area (Å²) in [5.74, 6) is -0.0896. The summed E-state index contributed by atoms with van der Waals surface area (Å²) in [7, 11) is 2.13. The van der Waals surface area contributed by atoms with Crippen LogP contribution in [0.15, 0.2) is 115 Å². The molecule has 11 heteroatoms. The second-order valence-electron chi connectivity index (χ2n) is 14.5. The fraction of sp³-hybridized carbons (Fsp3) is 0.227. The molecule has 1 atom stereocenters. The Morgan fingerprint density at radius 3 is 2.25 bits per heavy atom. The number of piperazine rings is 1. The predicted molar refractivity (Wildman–Crippen MR) is 208 cm³/mol. The van der Waals surface area contributed by atoms with Crippen LogP contribution in [-0.4, -0.2) is 88.8 Å². The van der Waals surface area contributed by atoms with E-state index < -0.39 is 5.82 Å². The van der Waals surface area contributed by atoms with Gasteiger partial charge in [-0.15, -0.1) is 0 Å². The average Bonchev–Trinajstić information content (AvgIpc) is 3.83. The first-order valence-electron chi connectivity index (χ1n) is 18.5. The summed E-state index contributed by atoms with van der Waals surface area (Å²) < 4.78 is 28.6. The first kappa shape index (κ1) is 34.6. The molecule has 0 bridgehead atoms. The van der Waals surface area contributed by atoms with Crippen LogP contribution in [0.3, 0.4) is 0 Å². The number of benzene rings is 5. The van der Waals surface area contributed by atoms with Gasteiger partial charge in [0.1, 0.15) is 11.6 Å². The topological polar surface area (TPSA) is 90.7 Å². The third-order valence-corrected chi connectivity index (χ3v) is 11.0. The molecule has 5 aromatic carbocycles. The number of phenolic OH excluding ortho intramolecular Hbond substituents is 1. The minimum atomic E-state index is -0.488. The number of hydrogen-bond donors (Lipinski definition) is 1. The van der Waals surface area contributed by atoms with E-state index in [2.05, 4.69) is 35.0 Å². The number of halogens is 1. The van der Waals surface area contributed by atoms with Crippen molar-refractivity contribution in [1.29, 1.82) is 0 Å². The normalized spacial score (nSPS) is 17.0. The first-order valence-corrected chi connectivity index (χ1v) is 18.5. The number of anilines is 2. The van der Waals surface area contributed by atoms with E-state index in [-0.39, 0.29) is 30.4 Å². The Bertz CT molecular complexity index is 2410. The van der Waals surface area contributed by atoms with Gasteiger partial charge >= 0.3 is 0 Å². The number of carbonyl (C=O) groups excluding carboxylic acids is 2. The minimum absolute atomic E-state index is 0.000998. The number of nitrogens with zero attached hydrogens (tertiary/aromatic N) is 5. The second kappa shape index (κ2) is 14.2. The fourth-order valence-corrected chi connectivity index (χ4v) is 8.03. The zero-order valence-electron chi connectivity index (χ0n) is 30.4. The number of para-hydroxylation sites is 1. The average molecular weight is 738 g/mol. The van der Waals surface area contributed by atoms with E-state index in [4.69, 9.17) is 9.47 Å². The molecule has 9 rings (SSSR count). The smallest absolute Gasteiger partial charge is 0.265 e. The zero-order chi connectivity index (χ0) is 37.6. The van der Waals surface area contributed by atoms with Crippen LogP contribution in [0.2, 0.25) is 0 Å². The number of fused-ring (bicyclic) bond motifs is 3. The van der Waals surface area contributed by atoms with E-state index in [1.165, 1.54) is 29.8 Å². The van der Waals surface area contributed by atoms with Gasteiger partial charge in [0.05, 0.1) is 22.3 Å². The van der Waals surface area contributed by atoms with Crippen molar-refractivity contribution >= 4 is 34.1 Å². The maximum atomic E-state index is 15.2. The molecule has 1 aromatic heterocycles. The Kier molecular flexibility index (Phi) is 8.95. The Labute approximate surface area is 318 Å². The van der Waals surface area contributed by atoms with Crippen molar-refractivity contribution in [3.05, 3.63) is 143 Å². The highest BCUT2D eigenvalue weighted by Crippen LogP contribution is 2.40. The number of carbonyl (C=O) groups is 2. The molecule has 1 fully saturated rings. The number of likely N-dealkylation sites (N-methyl/N-ethyl adjacent to an activating group) is 1. The van der Waals surface area contributed by atoms with Crippen molar-refractivity contribution in [3.63, 3.8) is 0 Å². The number of ether oxygens (including phenoxy) is 2. The summed E-state index contributed by atoms with van der Waals surface area (Å²) in [6.45, 7) is 4.95. The van der Waals surface area contributed by atoms with Gasteiger partial charge in [-0.05, 0) is 85.3 Å². The summed E-state index contributed by atoms with van der Waals surface area (Å²) in [5.41, 5.74) is 4.98. The molecule has 0 unspecified atom stereocenters. The number of amides is 2. The molecule has 10 nitrogen and oxygen atoms in total. The van der Waals surface area contributed by atoms with E-state index in [9.17, 15) is 9.90 Å². The van der Waals surface area contributed by atoms with Crippen molar-refractivity contribution in [2.75, 3.05) is 51.5 Å². The van der Waals surface area contributed by atoms with Crippen molar-refractivity contribution in [1.82, 2.24) is 19.3 Å². The minimum Gasteiger partial charge on any atom is -0.508 e. The van der Waals surface area contributed by atoms with E-state index >= 15 is 9.18 Å². The summed E-state index contributed by atoms with van der Waals surface area (Å²) in [5, 5.41) is 10.6. The van der Waals surface area contributed by atoms with Crippen LogP contribution in [0, 0.1) is 5.82 Å². The van der Waals surface area contributed by atoms with Crippen molar-refractivity contribution in [3.8, 4) is 22.9 Å². The SMILES string of the molecule is CN1CCN(C[C@@H]2Cc3ccccc3CN2C(=O)c2cc3c(cc2-n2cc(C(=O)N(c4ccccc4)c4ccc(O)cc4)c4ccc(F)cc42)OCO3)CC1. The second-order valence-corrected chi connectivity index (χ2v) is 14.5. The highest BCUT2D eigenvalue weighted by molar-refractivity contribution is 6.17. The molecule has 0 aliphatic carbocycles. The molecular weight excluding hydrogens is 698 g/mol. The lowest BCUT2D eigenvalue weighted by molar-refractivity contribution is 0.0535. The van der Waals surface area contributed by atoms with Crippen LogP contribution in [0.25, 0.3) is 16.6 Å². The van der Waals surface area contributed by atoms with Gasteiger partial charge in [-0.1, -0.05) is 42.5 Å². The fourth-order valence-electron chi connectivity index (χ4n) is 8.03. The Morgan fingerprint density at radius 1 is 0.800 bits per heavy atom. The number of phenols is 1. The van der Waals surface area contributed by atoms with Crippen molar-refractivity contribution < 1.29 is 28.6 Å². The van der Waals surface area contributed by atoms with Crippen LogP contribution in [-0.2, 0) is 13.0 Å². The van der Waals surface area contributed by atoms with Gasteiger partial charge in [-0.2, -0.15) is 0 Å². The van der Waals surface area contributed by atoms with Crippen LogP contribution >= 0.6 is 0 Å². The maximum absolute atomic E-state index is 15.2. The third kappa shape index (κ3) is 6.55.